The van der Waals surface area contributed by atoms with Crippen molar-refractivity contribution in [2.75, 3.05) is 5.32 Å². The van der Waals surface area contributed by atoms with Gasteiger partial charge in [0.15, 0.2) is 0 Å². The van der Waals surface area contributed by atoms with Crippen LogP contribution in [-0.4, -0.2) is 19.1 Å². The number of halogens is 4. The fourth-order valence-electron chi connectivity index (χ4n) is 1.84. The van der Waals surface area contributed by atoms with Crippen molar-refractivity contribution < 1.29 is 31.8 Å². The number of anilines is 1. The molecule has 0 radical (unpaired) electrons. The van der Waals surface area contributed by atoms with Gasteiger partial charge in [0.1, 0.15) is 11.5 Å². The van der Waals surface area contributed by atoms with Gasteiger partial charge in [0, 0.05) is 11.8 Å². The van der Waals surface area contributed by atoms with Gasteiger partial charge in [-0.25, -0.2) is 0 Å². The van der Waals surface area contributed by atoms with E-state index in [0.717, 1.165) is 0 Å². The van der Waals surface area contributed by atoms with Crippen LogP contribution in [0.25, 0.3) is 6.08 Å². The first-order valence-electron chi connectivity index (χ1n) is 7.01. The van der Waals surface area contributed by atoms with Crippen LogP contribution in [0.15, 0.2) is 54.6 Å². The summed E-state index contributed by atoms with van der Waals surface area (Å²) in [6, 6.07) is 11.2. The van der Waals surface area contributed by atoms with Crippen LogP contribution in [0, 0.1) is 0 Å². The summed E-state index contributed by atoms with van der Waals surface area (Å²) in [5, 5.41) is 2.54. The molecule has 0 aliphatic carbocycles. The van der Waals surface area contributed by atoms with E-state index in [1.165, 1.54) is 60.7 Å². The number of benzene rings is 2. The van der Waals surface area contributed by atoms with Gasteiger partial charge in [0.25, 0.3) is 0 Å². The van der Waals surface area contributed by atoms with Crippen molar-refractivity contribution in [2.45, 2.75) is 13.2 Å². The molecule has 0 saturated carbocycles. The molecule has 0 aliphatic heterocycles. The van der Waals surface area contributed by atoms with Crippen LogP contribution in [0.2, 0.25) is 0 Å². The maximum Gasteiger partial charge on any atom is 0.387 e. The summed E-state index contributed by atoms with van der Waals surface area (Å²) in [7, 11) is 0. The molecule has 8 heteroatoms. The first-order valence-corrected chi connectivity index (χ1v) is 7.01. The quantitative estimate of drug-likeness (QED) is 0.586. The fourth-order valence-corrected chi connectivity index (χ4v) is 1.84. The minimum absolute atomic E-state index is 0.0164. The second-order valence-corrected chi connectivity index (χ2v) is 4.67. The van der Waals surface area contributed by atoms with Crippen molar-refractivity contribution in [3.8, 4) is 11.5 Å². The van der Waals surface area contributed by atoms with E-state index in [4.69, 9.17) is 0 Å². The highest BCUT2D eigenvalue weighted by atomic mass is 19.3. The first kappa shape index (κ1) is 18.3. The van der Waals surface area contributed by atoms with E-state index in [1.807, 2.05) is 0 Å². The lowest BCUT2D eigenvalue weighted by atomic mass is 10.2. The van der Waals surface area contributed by atoms with Crippen LogP contribution >= 0.6 is 0 Å². The van der Waals surface area contributed by atoms with Gasteiger partial charge in [-0.15, -0.1) is 0 Å². The Kier molecular flexibility index (Phi) is 6.39. The lowest BCUT2D eigenvalue weighted by molar-refractivity contribution is -0.111. The number of nitrogens with one attached hydrogen (secondary N) is 1. The Labute approximate surface area is 140 Å². The summed E-state index contributed by atoms with van der Waals surface area (Å²) in [6.45, 7) is -5.81. The molecule has 0 aromatic heterocycles. The fraction of sp³-hybridized carbons (Fsp3) is 0.118. The summed E-state index contributed by atoms with van der Waals surface area (Å²) >= 11 is 0. The van der Waals surface area contributed by atoms with E-state index in [2.05, 4.69) is 14.8 Å². The third-order valence-electron chi connectivity index (χ3n) is 2.88. The summed E-state index contributed by atoms with van der Waals surface area (Å²) in [5.41, 5.74) is 1.01. The molecule has 0 saturated heterocycles. The van der Waals surface area contributed by atoms with Gasteiger partial charge in [-0.1, -0.05) is 12.1 Å². The van der Waals surface area contributed by atoms with Crippen LogP contribution < -0.4 is 14.8 Å². The van der Waals surface area contributed by atoms with E-state index in [0.29, 0.717) is 11.3 Å². The van der Waals surface area contributed by atoms with Gasteiger partial charge >= 0.3 is 13.2 Å². The van der Waals surface area contributed by atoms with Gasteiger partial charge in [-0.05, 0) is 48.0 Å². The predicted molar refractivity (Wildman–Crippen MR) is 83.8 cm³/mol. The summed E-state index contributed by atoms with van der Waals surface area (Å²) < 4.78 is 56.5. The number of amides is 1. The van der Waals surface area contributed by atoms with Crippen molar-refractivity contribution in [2.24, 2.45) is 0 Å². The molecule has 2 aromatic carbocycles. The molecule has 0 bridgehead atoms. The zero-order chi connectivity index (χ0) is 18.2. The van der Waals surface area contributed by atoms with Crippen molar-refractivity contribution in [3.63, 3.8) is 0 Å². The zero-order valence-corrected chi connectivity index (χ0v) is 12.7. The Hall–Kier alpha value is -3.03. The third kappa shape index (κ3) is 6.54. The van der Waals surface area contributed by atoms with Gasteiger partial charge < -0.3 is 14.8 Å². The smallest absolute Gasteiger partial charge is 0.387 e. The lowest BCUT2D eigenvalue weighted by Crippen LogP contribution is -2.08. The average molecular weight is 355 g/mol. The minimum Gasteiger partial charge on any atom is -0.435 e. The Morgan fingerprint density at radius 1 is 0.840 bits per heavy atom. The van der Waals surface area contributed by atoms with Gasteiger partial charge in [-0.3, -0.25) is 4.79 Å². The molecule has 0 atom stereocenters. The molecule has 2 aromatic rings. The van der Waals surface area contributed by atoms with E-state index in [9.17, 15) is 22.4 Å². The molecular formula is C17H13F4NO3. The normalized spacial score (nSPS) is 11.1. The molecule has 132 valence electrons. The van der Waals surface area contributed by atoms with Crippen LogP contribution in [0.1, 0.15) is 5.56 Å². The van der Waals surface area contributed by atoms with E-state index >= 15 is 0 Å². The maximum atomic E-state index is 12.0. The highest BCUT2D eigenvalue weighted by Gasteiger charge is 2.05. The maximum absolute atomic E-state index is 12.0. The number of carbonyl (C=O) groups excluding carboxylic acids is 1. The van der Waals surface area contributed by atoms with Crippen molar-refractivity contribution in [1.29, 1.82) is 0 Å². The molecule has 0 aliphatic rings. The van der Waals surface area contributed by atoms with E-state index in [-0.39, 0.29) is 11.5 Å². The minimum atomic E-state index is -2.92. The molecule has 1 N–H and O–H groups in total. The molecule has 25 heavy (non-hydrogen) atoms. The molecule has 1 amide bonds. The summed E-state index contributed by atoms with van der Waals surface area (Å²) in [6.07, 6.45) is 2.72. The zero-order valence-electron chi connectivity index (χ0n) is 12.7. The number of ether oxygens (including phenoxy) is 2. The molecule has 0 heterocycles. The Bertz CT molecular complexity index is 716. The highest BCUT2D eigenvalue weighted by Crippen LogP contribution is 2.18. The number of hydrogen-bond acceptors (Lipinski definition) is 3. The Morgan fingerprint density at radius 3 is 1.80 bits per heavy atom. The largest absolute Gasteiger partial charge is 0.435 e. The number of hydrogen-bond donors (Lipinski definition) is 1. The number of alkyl halides is 4. The van der Waals surface area contributed by atoms with Crippen molar-refractivity contribution in [3.05, 3.63) is 60.2 Å². The van der Waals surface area contributed by atoms with Crippen LogP contribution in [0.4, 0.5) is 23.2 Å². The molecule has 0 fully saturated rings. The Morgan fingerprint density at radius 2 is 1.32 bits per heavy atom. The summed E-state index contributed by atoms with van der Waals surface area (Å²) in [4.78, 5) is 11.8. The molecule has 0 unspecified atom stereocenters. The monoisotopic (exact) mass is 355 g/mol. The van der Waals surface area contributed by atoms with Crippen LogP contribution in [-0.2, 0) is 4.79 Å². The topological polar surface area (TPSA) is 47.6 Å². The second-order valence-electron chi connectivity index (χ2n) is 4.67. The van der Waals surface area contributed by atoms with Gasteiger partial charge in [0.05, 0.1) is 0 Å². The average Bonchev–Trinajstić information content (AvgIpc) is 2.55. The second kappa shape index (κ2) is 8.72. The van der Waals surface area contributed by atoms with E-state index < -0.39 is 19.1 Å². The van der Waals surface area contributed by atoms with Crippen molar-refractivity contribution in [1.82, 2.24) is 0 Å². The van der Waals surface area contributed by atoms with Gasteiger partial charge in [0.2, 0.25) is 5.91 Å². The van der Waals surface area contributed by atoms with Crippen LogP contribution in [0.5, 0.6) is 11.5 Å². The third-order valence-corrected chi connectivity index (χ3v) is 2.88. The Balaban J connectivity index is 1.89. The predicted octanol–water partition coefficient (Wildman–Crippen LogP) is 4.54. The van der Waals surface area contributed by atoms with Crippen LogP contribution in [0.3, 0.4) is 0 Å². The SMILES string of the molecule is O=C(/C=C/c1ccc(OC(F)F)cc1)Nc1ccc(OC(F)F)cc1. The molecule has 4 nitrogen and oxygen atoms in total. The van der Waals surface area contributed by atoms with Gasteiger partial charge in [-0.2, -0.15) is 17.6 Å². The number of carbonyl (C=O) groups is 1. The highest BCUT2D eigenvalue weighted by molar-refractivity contribution is 6.01. The van der Waals surface area contributed by atoms with E-state index in [1.54, 1.807) is 0 Å². The lowest BCUT2D eigenvalue weighted by Gasteiger charge is -2.06. The molecular weight excluding hydrogens is 342 g/mol. The summed E-state index contributed by atoms with van der Waals surface area (Å²) in [5.74, 6) is -0.451. The number of rotatable bonds is 7. The first-order chi connectivity index (χ1) is 11.9. The van der Waals surface area contributed by atoms with Crippen molar-refractivity contribution >= 4 is 17.7 Å². The standard InChI is InChI=1S/C17H13F4NO3/c18-16(19)24-13-6-1-11(2-7-13)3-10-15(23)22-12-4-8-14(9-5-12)25-17(20)21/h1-10,16-17H,(H,22,23)/b10-3+. The molecule has 2 rings (SSSR count). The molecule has 0 spiro atoms.